The Labute approximate surface area is 442 Å². The monoisotopic (exact) mass is 1090 g/mol. The molecule has 0 aromatic heterocycles. The molecule has 14 N–H and O–H groups in total. The van der Waals surface area contributed by atoms with E-state index in [0.717, 1.165) is 12.8 Å². The van der Waals surface area contributed by atoms with E-state index in [0.29, 0.717) is 51.4 Å². The van der Waals surface area contributed by atoms with Gasteiger partial charge in [0.2, 0.25) is 6.29 Å². The van der Waals surface area contributed by atoms with Gasteiger partial charge < -0.3 is 109 Å². The first-order chi connectivity index (χ1) is 35.7. The molecule has 4 aliphatic heterocycles. The number of hydrogen-bond donors (Lipinski definition) is 14. The van der Waals surface area contributed by atoms with E-state index in [1.54, 1.807) is 0 Å². The highest BCUT2D eigenvalue weighted by Gasteiger charge is 2.71. The van der Waals surface area contributed by atoms with Crippen molar-refractivity contribution in [1.29, 1.82) is 0 Å². The van der Waals surface area contributed by atoms with Gasteiger partial charge in [0.15, 0.2) is 18.9 Å². The highest BCUT2D eigenvalue weighted by Crippen LogP contribution is 2.76. The van der Waals surface area contributed by atoms with Crippen LogP contribution in [0.15, 0.2) is 11.6 Å². The van der Waals surface area contributed by atoms with Gasteiger partial charge in [0.05, 0.1) is 44.6 Å². The molecular formula is C53H86O23. The normalized spacial score (nSPS) is 54.3. The van der Waals surface area contributed by atoms with Crippen LogP contribution in [0.2, 0.25) is 0 Å². The average molecular weight is 1090 g/mol. The highest BCUT2D eigenvalue weighted by molar-refractivity contribution is 5.79. The number of fused-ring (bicyclic) bond motifs is 7. The lowest BCUT2D eigenvalue weighted by atomic mass is 9.33. The number of carbonyl (C=O) groups is 1. The molecule has 9 rings (SSSR count). The third kappa shape index (κ3) is 9.46. The fourth-order valence-corrected chi connectivity index (χ4v) is 16.2. The molecule has 0 aromatic carbocycles. The molecule has 0 amide bonds. The van der Waals surface area contributed by atoms with Gasteiger partial charge in [0, 0.05) is 5.41 Å². The van der Waals surface area contributed by atoms with Gasteiger partial charge in [-0.1, -0.05) is 53.2 Å². The van der Waals surface area contributed by atoms with Crippen LogP contribution in [0.5, 0.6) is 0 Å². The van der Waals surface area contributed by atoms with E-state index in [9.17, 15) is 76.3 Å². The predicted molar refractivity (Wildman–Crippen MR) is 258 cm³/mol. The molecule has 0 spiro atoms. The molecule has 8 fully saturated rings. The van der Waals surface area contributed by atoms with Crippen molar-refractivity contribution in [2.45, 2.75) is 229 Å². The Kier molecular flexibility index (Phi) is 16.8. The van der Waals surface area contributed by atoms with Crippen LogP contribution in [0.3, 0.4) is 0 Å². The van der Waals surface area contributed by atoms with Gasteiger partial charge in [-0.25, -0.2) is 0 Å². The number of aliphatic hydroxyl groups is 14. The van der Waals surface area contributed by atoms with Crippen LogP contribution >= 0.6 is 0 Å². The molecule has 0 bridgehead atoms. The van der Waals surface area contributed by atoms with Crippen LogP contribution in [-0.4, -0.2) is 233 Å². The van der Waals surface area contributed by atoms with E-state index >= 15 is 0 Å². The van der Waals surface area contributed by atoms with Crippen molar-refractivity contribution < 1.29 is 114 Å². The van der Waals surface area contributed by atoms with Gasteiger partial charge in [-0.15, -0.1) is 0 Å². The molecule has 9 aliphatic rings. The smallest absolute Gasteiger partial charge is 0.315 e. The minimum absolute atomic E-state index is 0.101. The Morgan fingerprint density at radius 1 is 0.579 bits per heavy atom. The average Bonchev–Trinajstić information content (AvgIpc) is 3.39. The zero-order valence-corrected chi connectivity index (χ0v) is 44.4. The minimum atomic E-state index is -1.91. The lowest BCUT2D eigenvalue weighted by Crippen LogP contribution is -2.67. The predicted octanol–water partition coefficient (Wildman–Crippen LogP) is -2.42. The summed E-state index contributed by atoms with van der Waals surface area (Å²) >= 11 is 0. The quantitative estimate of drug-likeness (QED) is 0.0549. The molecule has 0 aromatic rings. The molecule has 4 saturated carbocycles. The van der Waals surface area contributed by atoms with Crippen molar-refractivity contribution in [1.82, 2.24) is 0 Å². The van der Waals surface area contributed by atoms with Crippen LogP contribution in [0.4, 0.5) is 0 Å². The number of esters is 1. The van der Waals surface area contributed by atoms with E-state index in [1.807, 2.05) is 6.92 Å². The summed E-state index contributed by atoms with van der Waals surface area (Å²) < 4.78 is 48.5. The van der Waals surface area contributed by atoms with E-state index in [-0.39, 0.29) is 46.0 Å². The summed E-state index contributed by atoms with van der Waals surface area (Å²) in [4.78, 5) is 14.8. The van der Waals surface area contributed by atoms with E-state index in [4.69, 9.17) is 37.9 Å². The first kappa shape index (κ1) is 59.0. The SMILES string of the molecule is CC1(C)CCC2(C(=O)OC3OC(CO)C(O)C(O)C3O)CCC3(C)C(=CCC4C5(C)CCC(OC6OCC(O)C(OC7OC(CO)C(O)C(O)C7O)C6OC6OC(CO)C(O)C(O)C6O)C(C)(CO)C5CCC43C)C2C1. The summed E-state index contributed by atoms with van der Waals surface area (Å²) in [6.07, 6.45) is -23.5. The van der Waals surface area contributed by atoms with E-state index in [2.05, 4.69) is 40.7 Å². The van der Waals surface area contributed by atoms with Crippen LogP contribution in [0, 0.1) is 50.2 Å². The summed E-state index contributed by atoms with van der Waals surface area (Å²) in [5.41, 5.74) is -1.85. The Bertz CT molecular complexity index is 2080. The van der Waals surface area contributed by atoms with Crippen molar-refractivity contribution in [3.63, 3.8) is 0 Å². The number of ether oxygens (including phenoxy) is 8. The van der Waals surface area contributed by atoms with Gasteiger partial charge in [0.25, 0.3) is 0 Å². The molecule has 23 heteroatoms. The molecule has 5 aliphatic carbocycles. The van der Waals surface area contributed by atoms with Gasteiger partial charge in [0.1, 0.15) is 91.6 Å². The number of hydrogen-bond acceptors (Lipinski definition) is 23. The van der Waals surface area contributed by atoms with Crippen LogP contribution in [0.25, 0.3) is 0 Å². The molecule has 23 nitrogen and oxygen atoms in total. The van der Waals surface area contributed by atoms with Crippen molar-refractivity contribution in [2.24, 2.45) is 50.2 Å². The summed E-state index contributed by atoms with van der Waals surface area (Å²) in [5.74, 6) is -0.790. The van der Waals surface area contributed by atoms with E-state index < -0.39 is 166 Å². The second-order valence-electron chi connectivity index (χ2n) is 25.7. The summed E-state index contributed by atoms with van der Waals surface area (Å²) in [7, 11) is 0. The van der Waals surface area contributed by atoms with Gasteiger partial charge in [-0.2, -0.15) is 0 Å². The Balaban J connectivity index is 0.990. The molecule has 4 heterocycles. The zero-order valence-electron chi connectivity index (χ0n) is 44.4. The lowest BCUT2D eigenvalue weighted by Gasteiger charge is -2.71. The number of allylic oxidation sites excluding steroid dienone is 2. The molecule has 28 unspecified atom stereocenters. The van der Waals surface area contributed by atoms with Crippen LogP contribution in [-0.2, 0) is 42.7 Å². The van der Waals surface area contributed by atoms with Crippen molar-refractivity contribution in [2.75, 3.05) is 33.0 Å². The van der Waals surface area contributed by atoms with Crippen LogP contribution < -0.4 is 0 Å². The molecule has 0 radical (unpaired) electrons. The van der Waals surface area contributed by atoms with Crippen molar-refractivity contribution >= 4 is 5.97 Å². The van der Waals surface area contributed by atoms with Gasteiger partial charge >= 0.3 is 5.97 Å². The maximum Gasteiger partial charge on any atom is 0.315 e. The number of carbonyl (C=O) groups excluding carboxylic acids is 1. The Morgan fingerprint density at radius 3 is 1.66 bits per heavy atom. The largest absolute Gasteiger partial charge is 0.432 e. The molecule has 4 saturated heterocycles. The van der Waals surface area contributed by atoms with Crippen LogP contribution in [0.1, 0.15) is 106 Å². The number of rotatable bonds is 12. The first-order valence-electron chi connectivity index (χ1n) is 27.4. The molecular weight excluding hydrogens is 1000 g/mol. The second kappa shape index (κ2) is 21.6. The maximum absolute atomic E-state index is 14.8. The summed E-state index contributed by atoms with van der Waals surface area (Å²) in [6.45, 7) is 10.4. The summed E-state index contributed by atoms with van der Waals surface area (Å²) in [6, 6.07) is 0. The topological polar surface area (TPSA) is 374 Å². The third-order valence-electron chi connectivity index (χ3n) is 21.2. The van der Waals surface area contributed by atoms with Gasteiger partial charge in [-0.05, 0) is 104 Å². The number of aliphatic hydroxyl groups excluding tert-OH is 14. The maximum atomic E-state index is 14.8. The van der Waals surface area contributed by atoms with E-state index in [1.165, 1.54) is 5.57 Å². The zero-order chi connectivity index (χ0) is 55.4. The van der Waals surface area contributed by atoms with Gasteiger partial charge in [-0.3, -0.25) is 4.79 Å². The van der Waals surface area contributed by atoms with Crippen molar-refractivity contribution in [3.05, 3.63) is 11.6 Å². The minimum Gasteiger partial charge on any atom is -0.432 e. The third-order valence-corrected chi connectivity index (χ3v) is 21.2. The molecule has 28 atom stereocenters. The molecule has 436 valence electrons. The van der Waals surface area contributed by atoms with Crippen molar-refractivity contribution in [3.8, 4) is 0 Å². The fraction of sp³-hybridized carbons (Fsp3) is 0.943. The lowest BCUT2D eigenvalue weighted by molar-refractivity contribution is -0.390. The standard InChI is InChI=1S/C53H86O23/c1-48(2)13-15-53(47(68)76-45-40(67)37(64)34(61)28(20-56)72-45)16-14-51(5)23(24(53)17-48)7-8-30-49(3)11-10-31(50(4,22-57)29(49)9-12-52(30,51)6)73-46-42(75-44-39(66)36(63)33(60)27(19-55)71-44)41(25(58)21-69-46)74-43-38(65)35(62)32(59)26(18-54)70-43/h7,24-46,54-67H,8-22H2,1-6H3. The first-order valence-corrected chi connectivity index (χ1v) is 27.4. The summed E-state index contributed by atoms with van der Waals surface area (Å²) in [5, 5.41) is 149. The second-order valence-corrected chi connectivity index (χ2v) is 25.7. The molecule has 76 heavy (non-hydrogen) atoms. The highest BCUT2D eigenvalue weighted by atomic mass is 16.8. The Hall–Kier alpha value is -1.63. The fourth-order valence-electron chi connectivity index (χ4n) is 16.2. The Morgan fingerprint density at radius 2 is 1.11 bits per heavy atom.